The van der Waals surface area contributed by atoms with Crippen LogP contribution in [0.15, 0.2) is 23.5 Å². The number of amides is 1. The molecule has 0 aromatic carbocycles. The zero-order valence-electron chi connectivity index (χ0n) is 9.70. The second-order valence-electron chi connectivity index (χ2n) is 4.62. The molecule has 0 saturated heterocycles. The molecule has 1 aliphatic heterocycles. The molecule has 15 heavy (non-hydrogen) atoms. The van der Waals surface area contributed by atoms with Crippen molar-refractivity contribution in [2.24, 2.45) is 5.73 Å². The summed E-state index contributed by atoms with van der Waals surface area (Å²) in [6.45, 7) is 7.78. The number of nitrogens with two attached hydrogens (primary N) is 1. The lowest BCUT2D eigenvalue weighted by atomic mass is 10.2. The highest BCUT2D eigenvalue weighted by Crippen LogP contribution is 2.16. The maximum Gasteiger partial charge on any atom is 0.414 e. The Hall–Kier alpha value is -1.45. The molecule has 0 aromatic heterocycles. The molecular weight excluding hydrogens is 192 g/mol. The van der Waals surface area contributed by atoms with Crippen molar-refractivity contribution in [3.8, 4) is 0 Å². The van der Waals surface area contributed by atoms with E-state index in [1.165, 1.54) is 4.90 Å². The molecule has 0 aliphatic carbocycles. The van der Waals surface area contributed by atoms with E-state index in [9.17, 15) is 4.79 Å². The topological polar surface area (TPSA) is 55.6 Å². The summed E-state index contributed by atoms with van der Waals surface area (Å²) >= 11 is 0. The first-order chi connectivity index (χ1) is 6.79. The van der Waals surface area contributed by atoms with Crippen molar-refractivity contribution < 1.29 is 9.53 Å². The van der Waals surface area contributed by atoms with Gasteiger partial charge in [0.05, 0.1) is 6.54 Å². The zero-order valence-corrected chi connectivity index (χ0v) is 9.70. The molecule has 0 aromatic rings. The Morgan fingerprint density at radius 1 is 1.47 bits per heavy atom. The van der Waals surface area contributed by atoms with Crippen molar-refractivity contribution in [1.29, 1.82) is 0 Å². The van der Waals surface area contributed by atoms with Crippen LogP contribution in [-0.2, 0) is 4.74 Å². The number of hydrogen-bond acceptors (Lipinski definition) is 3. The van der Waals surface area contributed by atoms with E-state index < -0.39 is 5.60 Å². The van der Waals surface area contributed by atoms with Gasteiger partial charge in [0.15, 0.2) is 0 Å². The van der Waals surface area contributed by atoms with E-state index in [4.69, 9.17) is 10.5 Å². The van der Waals surface area contributed by atoms with Crippen LogP contribution in [0.25, 0.3) is 0 Å². The maximum atomic E-state index is 11.7. The fourth-order valence-corrected chi connectivity index (χ4v) is 1.20. The molecule has 1 amide bonds. The third-order valence-electron chi connectivity index (χ3n) is 1.92. The predicted octanol–water partition coefficient (Wildman–Crippen LogP) is 1.98. The lowest BCUT2D eigenvalue weighted by molar-refractivity contribution is 0.0325. The number of carbonyl (C=O) groups is 1. The summed E-state index contributed by atoms with van der Waals surface area (Å²) < 4.78 is 5.26. The van der Waals surface area contributed by atoms with Gasteiger partial charge in [0.1, 0.15) is 5.60 Å². The van der Waals surface area contributed by atoms with Gasteiger partial charge >= 0.3 is 6.09 Å². The van der Waals surface area contributed by atoms with Gasteiger partial charge in [-0.15, -0.1) is 0 Å². The zero-order chi connectivity index (χ0) is 11.6. The molecule has 4 heteroatoms. The summed E-state index contributed by atoms with van der Waals surface area (Å²) in [6, 6.07) is 0. The van der Waals surface area contributed by atoms with Crippen LogP contribution in [0, 0.1) is 0 Å². The molecule has 0 spiro atoms. The summed E-state index contributed by atoms with van der Waals surface area (Å²) in [7, 11) is 0. The van der Waals surface area contributed by atoms with E-state index >= 15 is 0 Å². The summed E-state index contributed by atoms with van der Waals surface area (Å²) in [5, 5.41) is 0. The molecule has 1 heterocycles. The molecule has 2 N–H and O–H groups in total. The molecule has 1 aliphatic rings. The van der Waals surface area contributed by atoms with Crippen LogP contribution in [-0.4, -0.2) is 23.1 Å². The van der Waals surface area contributed by atoms with E-state index in [0.29, 0.717) is 12.2 Å². The van der Waals surface area contributed by atoms with Crippen molar-refractivity contribution in [2.75, 3.05) is 6.54 Å². The molecule has 0 fully saturated rings. The minimum Gasteiger partial charge on any atom is -0.443 e. The quantitative estimate of drug-likeness (QED) is 0.665. The molecule has 0 radical (unpaired) electrons. The van der Waals surface area contributed by atoms with Gasteiger partial charge in [0.2, 0.25) is 0 Å². The van der Waals surface area contributed by atoms with Gasteiger partial charge in [0, 0.05) is 11.4 Å². The molecule has 0 atom stereocenters. The second-order valence-corrected chi connectivity index (χ2v) is 4.62. The fourth-order valence-electron chi connectivity index (χ4n) is 1.20. The van der Waals surface area contributed by atoms with Crippen LogP contribution < -0.4 is 5.73 Å². The molecule has 84 valence electrons. The van der Waals surface area contributed by atoms with Crippen LogP contribution in [0.2, 0.25) is 0 Å². The first-order valence-electron chi connectivity index (χ1n) is 4.93. The van der Waals surface area contributed by atoms with Crippen LogP contribution in [0.4, 0.5) is 4.79 Å². The average Bonchev–Trinajstić information content (AvgIpc) is 2.06. The lowest BCUT2D eigenvalue weighted by Gasteiger charge is -2.29. The molecule has 0 unspecified atom stereocenters. The minimum absolute atomic E-state index is 0.354. The summed E-state index contributed by atoms with van der Waals surface area (Å²) in [5.41, 5.74) is 6.68. The Labute approximate surface area is 90.4 Å². The summed E-state index contributed by atoms with van der Waals surface area (Å²) in [6.07, 6.45) is 3.26. The predicted molar refractivity (Wildman–Crippen MR) is 59.0 cm³/mol. The highest BCUT2D eigenvalue weighted by Gasteiger charge is 2.24. The van der Waals surface area contributed by atoms with Gasteiger partial charge in [0.25, 0.3) is 0 Å². The van der Waals surface area contributed by atoms with Crippen LogP contribution in [0.1, 0.15) is 27.7 Å². The van der Waals surface area contributed by atoms with Crippen molar-refractivity contribution in [2.45, 2.75) is 33.3 Å². The number of allylic oxidation sites excluding steroid dienone is 3. The molecular formula is C11H18N2O2. The van der Waals surface area contributed by atoms with E-state index in [-0.39, 0.29) is 6.09 Å². The Balaban J connectivity index is 2.70. The first-order valence-corrected chi connectivity index (χ1v) is 4.93. The molecule has 0 bridgehead atoms. The molecule has 0 saturated carbocycles. The van der Waals surface area contributed by atoms with Crippen molar-refractivity contribution in [3.63, 3.8) is 0 Å². The van der Waals surface area contributed by atoms with Gasteiger partial charge in [-0.05, 0) is 39.8 Å². The number of hydrogen-bond donors (Lipinski definition) is 1. The van der Waals surface area contributed by atoms with Gasteiger partial charge < -0.3 is 10.5 Å². The van der Waals surface area contributed by atoms with Gasteiger partial charge in [-0.3, -0.25) is 4.90 Å². The monoisotopic (exact) mass is 210 g/mol. The van der Waals surface area contributed by atoms with Crippen LogP contribution >= 0.6 is 0 Å². The van der Waals surface area contributed by atoms with Crippen molar-refractivity contribution >= 4 is 6.09 Å². The smallest absolute Gasteiger partial charge is 0.414 e. The highest BCUT2D eigenvalue weighted by atomic mass is 16.6. The van der Waals surface area contributed by atoms with Gasteiger partial charge in [-0.1, -0.05) is 0 Å². The summed E-state index contributed by atoms with van der Waals surface area (Å²) in [5.74, 6) is 0. The number of rotatable bonds is 0. The number of carbonyl (C=O) groups excluding carboxylic acids is 1. The molecule has 4 nitrogen and oxygen atoms in total. The third-order valence-corrected chi connectivity index (χ3v) is 1.92. The fraction of sp³-hybridized carbons (Fsp3) is 0.545. The van der Waals surface area contributed by atoms with Gasteiger partial charge in [-0.25, -0.2) is 4.79 Å². The maximum absolute atomic E-state index is 11.7. The van der Waals surface area contributed by atoms with Crippen LogP contribution in [0.3, 0.4) is 0 Å². The Kier molecular flexibility index (Phi) is 3.07. The Morgan fingerprint density at radius 2 is 2.07 bits per heavy atom. The summed E-state index contributed by atoms with van der Waals surface area (Å²) in [4.78, 5) is 13.3. The Bertz CT molecular complexity index is 324. The first kappa shape index (κ1) is 11.6. The van der Waals surface area contributed by atoms with E-state index in [1.807, 2.05) is 33.8 Å². The lowest BCUT2D eigenvalue weighted by Crippen LogP contribution is -2.38. The average molecular weight is 210 g/mol. The SMILES string of the molecule is CC1=CC=C(N)CN1C(=O)OC(C)(C)C. The van der Waals surface area contributed by atoms with Crippen LogP contribution in [0.5, 0.6) is 0 Å². The normalized spacial score (nSPS) is 16.9. The largest absolute Gasteiger partial charge is 0.443 e. The Morgan fingerprint density at radius 3 is 2.60 bits per heavy atom. The standard InChI is InChI=1S/C11H18N2O2/c1-8-5-6-9(12)7-13(8)10(14)15-11(2,3)4/h5-6H,7,12H2,1-4H3. The minimum atomic E-state index is -0.479. The van der Waals surface area contributed by atoms with Gasteiger partial charge in [-0.2, -0.15) is 0 Å². The highest BCUT2D eigenvalue weighted by molar-refractivity contribution is 5.71. The van der Waals surface area contributed by atoms with E-state index in [0.717, 1.165) is 5.70 Å². The van der Waals surface area contributed by atoms with E-state index in [1.54, 1.807) is 6.08 Å². The van der Waals surface area contributed by atoms with Crippen molar-refractivity contribution in [1.82, 2.24) is 4.90 Å². The molecule has 1 rings (SSSR count). The third kappa shape index (κ3) is 3.31. The number of ether oxygens (including phenoxy) is 1. The second kappa shape index (κ2) is 3.96. The van der Waals surface area contributed by atoms with Crippen molar-refractivity contribution in [3.05, 3.63) is 23.5 Å². The number of nitrogens with zero attached hydrogens (tertiary/aromatic N) is 1. The van der Waals surface area contributed by atoms with E-state index in [2.05, 4.69) is 0 Å².